The highest BCUT2D eigenvalue weighted by Gasteiger charge is 2.59. The van der Waals surface area contributed by atoms with Crippen LogP contribution in [0.4, 0.5) is 0 Å². The molecule has 8 atom stereocenters. The van der Waals surface area contributed by atoms with Crippen molar-refractivity contribution in [2.24, 2.45) is 46.3 Å². The number of hydrogen-bond donors (Lipinski definition) is 0. The molecule has 1 nitrogen and oxygen atoms in total. The minimum absolute atomic E-state index is 0.297. The van der Waals surface area contributed by atoms with Gasteiger partial charge in [0.2, 0.25) is 0 Å². The molecule has 0 heterocycles. The highest BCUT2D eigenvalue weighted by Crippen LogP contribution is 2.67. The van der Waals surface area contributed by atoms with Gasteiger partial charge in [0, 0.05) is 6.10 Å². The van der Waals surface area contributed by atoms with Crippen LogP contribution in [0.25, 0.3) is 0 Å². The van der Waals surface area contributed by atoms with Crippen LogP contribution in [-0.4, -0.2) is 14.4 Å². The molecule has 0 aliphatic heterocycles. The minimum Gasteiger partial charge on any atom is -0.414 e. The fraction of sp³-hybridized carbons (Fsp3) is 0.882. The van der Waals surface area contributed by atoms with E-state index in [0.29, 0.717) is 27.9 Å². The minimum atomic E-state index is -1.71. The Morgan fingerprint density at radius 1 is 1.06 bits per heavy atom. The van der Waals surface area contributed by atoms with E-state index in [1.54, 1.807) is 5.57 Å². The van der Waals surface area contributed by atoms with Gasteiger partial charge in [0.15, 0.2) is 8.32 Å². The second-order valence-corrected chi connectivity index (χ2v) is 20.8. The first-order valence-electron chi connectivity index (χ1n) is 15.6. The Morgan fingerprint density at radius 3 is 2.39 bits per heavy atom. The van der Waals surface area contributed by atoms with E-state index in [1.807, 2.05) is 0 Å². The average Bonchev–Trinajstić information content (AvgIpc) is 3.13. The molecule has 3 saturated carbocycles. The molecule has 0 unspecified atom stereocenters. The smallest absolute Gasteiger partial charge is 0.192 e. The van der Waals surface area contributed by atoms with E-state index in [4.69, 9.17) is 4.43 Å². The molecule has 0 saturated heterocycles. The molecule has 0 aromatic carbocycles. The Hall–Kier alpha value is -0.343. The second kappa shape index (κ2) is 10.00. The van der Waals surface area contributed by atoms with Gasteiger partial charge in [-0.25, -0.2) is 0 Å². The molecule has 4 rings (SSSR count). The van der Waals surface area contributed by atoms with E-state index in [1.165, 1.54) is 69.8 Å². The summed E-state index contributed by atoms with van der Waals surface area (Å²) in [6.07, 6.45) is 16.8. The molecule has 4 aliphatic rings. The Morgan fingerprint density at radius 2 is 1.75 bits per heavy atom. The molecule has 0 aromatic heterocycles. The highest BCUT2D eigenvalue weighted by atomic mass is 28.4. The van der Waals surface area contributed by atoms with Gasteiger partial charge in [-0.3, -0.25) is 0 Å². The summed E-state index contributed by atoms with van der Waals surface area (Å²) >= 11 is 0. The van der Waals surface area contributed by atoms with Crippen molar-refractivity contribution in [1.82, 2.24) is 0 Å². The van der Waals surface area contributed by atoms with Crippen LogP contribution >= 0.6 is 0 Å². The summed E-state index contributed by atoms with van der Waals surface area (Å²) in [6.45, 7) is 28.9. The quantitative estimate of drug-likeness (QED) is 0.243. The van der Waals surface area contributed by atoms with Crippen molar-refractivity contribution in [3.8, 4) is 0 Å². The molecule has 4 aliphatic carbocycles. The standard InChI is InChI=1S/C34H60OSi/c1-23(2)24(3)12-13-25(4)29-16-17-30-28-15-14-26-22-27(35-36(10,11)32(5,6)7)18-20-33(26,8)31(28)19-21-34(29,30)9/h14,23,25,27-31H,3,12-13,15-22H2,1-2,4-11H3/t25-,27+,28+,29-,30+,31+,33+,34-/m1/s1. The number of rotatable bonds is 7. The molecule has 0 spiro atoms. The third-order valence-corrected chi connectivity index (χ3v) is 17.4. The van der Waals surface area contributed by atoms with Crippen LogP contribution in [0, 0.1) is 46.3 Å². The van der Waals surface area contributed by atoms with Gasteiger partial charge in [-0.05, 0) is 129 Å². The topological polar surface area (TPSA) is 9.23 Å². The van der Waals surface area contributed by atoms with Gasteiger partial charge in [0.25, 0.3) is 0 Å². The van der Waals surface area contributed by atoms with Crippen LogP contribution < -0.4 is 0 Å². The zero-order chi connectivity index (χ0) is 26.7. The van der Waals surface area contributed by atoms with E-state index in [-0.39, 0.29) is 0 Å². The second-order valence-electron chi connectivity index (χ2n) is 16.1. The summed E-state index contributed by atoms with van der Waals surface area (Å²) in [6, 6.07) is 0. The molecular weight excluding hydrogens is 452 g/mol. The zero-order valence-corrected chi connectivity index (χ0v) is 26.8. The Balaban J connectivity index is 1.45. The van der Waals surface area contributed by atoms with Crippen molar-refractivity contribution in [3.05, 3.63) is 23.8 Å². The summed E-state index contributed by atoms with van der Waals surface area (Å²) in [5.74, 6) is 5.13. The van der Waals surface area contributed by atoms with Crippen molar-refractivity contribution < 1.29 is 4.43 Å². The molecule has 3 fully saturated rings. The lowest BCUT2D eigenvalue weighted by molar-refractivity contribution is -0.0563. The Labute approximate surface area is 226 Å². The fourth-order valence-electron chi connectivity index (χ4n) is 9.20. The van der Waals surface area contributed by atoms with Crippen LogP contribution in [0.2, 0.25) is 18.1 Å². The zero-order valence-electron chi connectivity index (χ0n) is 25.8. The van der Waals surface area contributed by atoms with Gasteiger partial charge in [-0.2, -0.15) is 0 Å². The summed E-state index contributed by atoms with van der Waals surface area (Å²) < 4.78 is 6.95. The Bertz CT molecular complexity index is 846. The van der Waals surface area contributed by atoms with Crippen LogP contribution in [0.15, 0.2) is 23.8 Å². The van der Waals surface area contributed by atoms with Crippen molar-refractivity contribution in [1.29, 1.82) is 0 Å². The number of allylic oxidation sites excluding steroid dienone is 2. The SMILES string of the molecule is C=C(CC[C@@H](C)[C@H]1CC[C@H]2[C@@H]3CC=C4C[C@@H](O[Si](C)(C)C(C)(C)C)CC[C@]4(C)[C@H]3CC[C@]12C)C(C)C. The summed E-state index contributed by atoms with van der Waals surface area (Å²) in [5.41, 5.74) is 4.22. The molecular formula is C34H60OSi. The van der Waals surface area contributed by atoms with E-state index >= 15 is 0 Å². The maximum atomic E-state index is 6.95. The van der Waals surface area contributed by atoms with E-state index in [2.05, 4.69) is 81.1 Å². The summed E-state index contributed by atoms with van der Waals surface area (Å²) in [5, 5.41) is 0.297. The lowest BCUT2D eigenvalue weighted by atomic mass is 9.47. The highest BCUT2D eigenvalue weighted by molar-refractivity contribution is 6.74. The van der Waals surface area contributed by atoms with Gasteiger partial charge in [-0.1, -0.05) is 79.2 Å². The van der Waals surface area contributed by atoms with Crippen LogP contribution in [0.3, 0.4) is 0 Å². The molecule has 0 amide bonds. The van der Waals surface area contributed by atoms with Crippen molar-refractivity contribution in [3.63, 3.8) is 0 Å². The fourth-order valence-corrected chi connectivity index (χ4v) is 10.6. The monoisotopic (exact) mass is 512 g/mol. The normalized spacial score (nSPS) is 39.8. The molecule has 0 bridgehead atoms. The first-order chi connectivity index (χ1) is 16.6. The third kappa shape index (κ3) is 5.01. The number of hydrogen-bond acceptors (Lipinski definition) is 1. The summed E-state index contributed by atoms with van der Waals surface area (Å²) in [4.78, 5) is 0. The Kier molecular flexibility index (Phi) is 7.96. The van der Waals surface area contributed by atoms with Crippen LogP contribution in [0.5, 0.6) is 0 Å². The molecule has 36 heavy (non-hydrogen) atoms. The predicted molar refractivity (Wildman–Crippen MR) is 160 cm³/mol. The molecule has 0 radical (unpaired) electrons. The van der Waals surface area contributed by atoms with Crippen LogP contribution in [0.1, 0.15) is 120 Å². The van der Waals surface area contributed by atoms with E-state index in [9.17, 15) is 0 Å². The van der Waals surface area contributed by atoms with Gasteiger partial charge < -0.3 is 4.43 Å². The number of fused-ring (bicyclic) bond motifs is 5. The first-order valence-corrected chi connectivity index (χ1v) is 18.6. The van der Waals surface area contributed by atoms with E-state index < -0.39 is 8.32 Å². The average molecular weight is 513 g/mol. The molecule has 206 valence electrons. The lowest BCUT2D eigenvalue weighted by Gasteiger charge is -2.59. The largest absolute Gasteiger partial charge is 0.414 e. The lowest BCUT2D eigenvalue weighted by Crippen LogP contribution is -2.52. The van der Waals surface area contributed by atoms with Crippen molar-refractivity contribution >= 4 is 8.32 Å². The predicted octanol–water partition coefficient (Wildman–Crippen LogP) is 10.6. The van der Waals surface area contributed by atoms with E-state index in [0.717, 1.165) is 29.6 Å². The maximum absolute atomic E-state index is 6.95. The van der Waals surface area contributed by atoms with Gasteiger partial charge in [0.1, 0.15) is 0 Å². The van der Waals surface area contributed by atoms with Crippen LogP contribution in [-0.2, 0) is 4.43 Å². The summed E-state index contributed by atoms with van der Waals surface area (Å²) in [7, 11) is -1.71. The van der Waals surface area contributed by atoms with Gasteiger partial charge in [-0.15, -0.1) is 0 Å². The van der Waals surface area contributed by atoms with Crippen molar-refractivity contribution in [2.45, 2.75) is 144 Å². The van der Waals surface area contributed by atoms with Crippen molar-refractivity contribution in [2.75, 3.05) is 0 Å². The van der Waals surface area contributed by atoms with Gasteiger partial charge in [0.05, 0.1) is 0 Å². The third-order valence-electron chi connectivity index (χ3n) is 12.8. The first kappa shape index (κ1) is 28.7. The van der Waals surface area contributed by atoms with Gasteiger partial charge >= 0.3 is 0 Å². The molecule has 0 aromatic rings. The molecule has 2 heteroatoms. The maximum Gasteiger partial charge on any atom is 0.192 e. The molecule has 0 N–H and O–H groups in total.